The van der Waals surface area contributed by atoms with E-state index in [4.69, 9.17) is 0 Å². The van der Waals surface area contributed by atoms with E-state index in [1.165, 1.54) is 24.1 Å². The first-order valence-corrected chi connectivity index (χ1v) is 8.49. The van der Waals surface area contributed by atoms with Crippen LogP contribution in [0.25, 0.3) is 0 Å². The summed E-state index contributed by atoms with van der Waals surface area (Å²) < 4.78 is 104. The molecule has 0 atom stereocenters. The first-order chi connectivity index (χ1) is 12.1. The van der Waals surface area contributed by atoms with E-state index in [1.807, 2.05) is 0 Å². The van der Waals surface area contributed by atoms with E-state index in [9.17, 15) is 39.9 Å². The Labute approximate surface area is 149 Å². The molecule has 0 fully saturated rings. The highest BCUT2D eigenvalue weighted by Crippen LogP contribution is 2.50. The smallest absolute Gasteiger partial charge is 0.369 e. The maximum absolute atomic E-state index is 12.9. The molecule has 1 N–H and O–H groups in total. The number of alkyl halides is 6. The fraction of sp³-hybridized carbons (Fsp3) is 0.357. The van der Waals surface area contributed by atoms with Gasteiger partial charge in [-0.1, -0.05) is 12.1 Å². The van der Waals surface area contributed by atoms with Gasteiger partial charge in [0.15, 0.2) is 5.03 Å². The number of imidazole rings is 1. The van der Waals surface area contributed by atoms with Gasteiger partial charge in [0.1, 0.15) is 0 Å². The average Bonchev–Trinajstić information content (AvgIpc) is 2.98. The van der Waals surface area contributed by atoms with Crippen molar-refractivity contribution in [3.63, 3.8) is 0 Å². The zero-order chi connectivity index (χ0) is 20.8. The summed E-state index contributed by atoms with van der Waals surface area (Å²) in [6.45, 7) is 0. The van der Waals surface area contributed by atoms with Crippen LogP contribution in [0.3, 0.4) is 0 Å². The fourth-order valence-electron chi connectivity index (χ4n) is 2.20. The normalized spacial score (nSPS) is 13.7. The van der Waals surface area contributed by atoms with E-state index in [2.05, 4.69) is 4.98 Å². The van der Waals surface area contributed by atoms with E-state index in [0.717, 1.165) is 19.2 Å². The van der Waals surface area contributed by atoms with Crippen molar-refractivity contribution in [1.29, 1.82) is 0 Å². The van der Waals surface area contributed by atoms with Crippen molar-refractivity contribution in [3.05, 3.63) is 42.4 Å². The number of hydrogen-bond acceptors (Lipinski definition) is 4. The quantitative estimate of drug-likeness (QED) is 0.776. The van der Waals surface area contributed by atoms with Crippen LogP contribution in [0.2, 0.25) is 0 Å². The molecule has 0 spiro atoms. The van der Waals surface area contributed by atoms with Crippen LogP contribution in [0.1, 0.15) is 5.56 Å². The SMILES string of the molecule is CN(c1ccc(C(O)(C(F)(F)F)C(F)(F)F)cc1)S(=O)(=O)c1cn(C)cn1. The molecule has 13 heteroatoms. The molecule has 0 saturated carbocycles. The van der Waals surface area contributed by atoms with Gasteiger partial charge in [0.25, 0.3) is 15.6 Å². The lowest BCUT2D eigenvalue weighted by Crippen LogP contribution is -2.53. The molecule has 150 valence electrons. The maximum atomic E-state index is 12.9. The minimum Gasteiger partial charge on any atom is -0.369 e. The molecule has 2 aromatic rings. The minimum atomic E-state index is -6.03. The second-order valence-electron chi connectivity index (χ2n) is 5.60. The van der Waals surface area contributed by atoms with Crippen molar-refractivity contribution in [2.24, 2.45) is 7.05 Å². The Balaban J connectivity index is 2.45. The Morgan fingerprint density at radius 1 is 1.04 bits per heavy atom. The summed E-state index contributed by atoms with van der Waals surface area (Å²) >= 11 is 0. The third-order valence-electron chi connectivity index (χ3n) is 3.78. The third kappa shape index (κ3) is 3.48. The number of anilines is 1. The van der Waals surface area contributed by atoms with Gasteiger partial charge < -0.3 is 9.67 Å². The number of nitrogens with zero attached hydrogens (tertiary/aromatic N) is 3. The molecule has 1 aromatic carbocycles. The Kier molecular flexibility index (Phi) is 4.99. The highest BCUT2D eigenvalue weighted by atomic mass is 32.2. The van der Waals surface area contributed by atoms with Gasteiger partial charge >= 0.3 is 12.4 Å². The number of benzene rings is 1. The van der Waals surface area contributed by atoms with Gasteiger partial charge in [0.05, 0.1) is 12.0 Å². The van der Waals surface area contributed by atoms with Crippen LogP contribution in [0.5, 0.6) is 0 Å². The molecular formula is C14H13F6N3O3S. The lowest BCUT2D eigenvalue weighted by Gasteiger charge is -2.32. The topological polar surface area (TPSA) is 75.4 Å². The summed E-state index contributed by atoms with van der Waals surface area (Å²) in [6.07, 6.45) is -9.68. The highest BCUT2D eigenvalue weighted by molar-refractivity contribution is 7.92. The first-order valence-electron chi connectivity index (χ1n) is 7.05. The van der Waals surface area contributed by atoms with Crippen LogP contribution in [-0.2, 0) is 22.7 Å². The molecule has 2 rings (SSSR count). The second kappa shape index (κ2) is 6.41. The van der Waals surface area contributed by atoms with E-state index in [1.54, 1.807) is 0 Å². The minimum absolute atomic E-state index is 0.226. The number of hydrogen-bond donors (Lipinski definition) is 1. The molecule has 0 saturated heterocycles. The van der Waals surface area contributed by atoms with Crippen LogP contribution >= 0.6 is 0 Å². The number of aliphatic hydroxyl groups is 1. The molecule has 0 aliphatic rings. The monoisotopic (exact) mass is 417 g/mol. The van der Waals surface area contributed by atoms with Gasteiger partial charge in [-0.15, -0.1) is 0 Å². The summed E-state index contributed by atoms with van der Waals surface area (Å²) in [4.78, 5) is 3.65. The van der Waals surface area contributed by atoms with E-state index >= 15 is 0 Å². The number of halogens is 6. The van der Waals surface area contributed by atoms with E-state index in [0.29, 0.717) is 16.4 Å². The Hall–Kier alpha value is -2.28. The molecule has 0 radical (unpaired) electrons. The predicted octanol–water partition coefficient (Wildman–Crippen LogP) is 2.56. The molecule has 6 nitrogen and oxygen atoms in total. The summed E-state index contributed by atoms with van der Waals surface area (Å²) in [5.74, 6) is 0. The summed E-state index contributed by atoms with van der Waals surface area (Å²) in [7, 11) is -1.62. The van der Waals surface area contributed by atoms with Crippen molar-refractivity contribution < 1.29 is 39.9 Å². The van der Waals surface area contributed by atoms with Gasteiger partial charge in [-0.25, -0.2) is 4.98 Å². The van der Waals surface area contributed by atoms with Gasteiger partial charge in [0.2, 0.25) is 0 Å². The number of sulfonamides is 1. The first kappa shape index (κ1) is 21.0. The second-order valence-corrected chi connectivity index (χ2v) is 7.52. The van der Waals surface area contributed by atoms with Crippen molar-refractivity contribution >= 4 is 15.7 Å². The zero-order valence-corrected chi connectivity index (χ0v) is 14.6. The maximum Gasteiger partial charge on any atom is 0.430 e. The zero-order valence-electron chi connectivity index (χ0n) is 13.7. The van der Waals surface area contributed by atoms with Crippen molar-refractivity contribution in [2.75, 3.05) is 11.4 Å². The Morgan fingerprint density at radius 2 is 1.52 bits per heavy atom. The summed E-state index contributed by atoms with van der Waals surface area (Å²) in [6, 6.07) is 2.16. The summed E-state index contributed by atoms with van der Waals surface area (Å²) in [5, 5.41) is 8.97. The molecule has 0 aliphatic carbocycles. The number of rotatable bonds is 4. The van der Waals surface area contributed by atoms with Crippen LogP contribution in [-0.4, -0.2) is 42.5 Å². The molecular weight excluding hydrogens is 404 g/mol. The number of aryl methyl sites for hydroxylation is 1. The van der Waals surface area contributed by atoms with Gasteiger partial charge in [-0.2, -0.15) is 34.8 Å². The average molecular weight is 417 g/mol. The summed E-state index contributed by atoms with van der Waals surface area (Å²) in [5.41, 5.74) is -6.80. The van der Waals surface area contributed by atoms with Gasteiger partial charge in [-0.05, 0) is 12.1 Å². The molecule has 27 heavy (non-hydrogen) atoms. The molecule has 0 unspecified atom stereocenters. The van der Waals surface area contributed by atoms with Crippen LogP contribution < -0.4 is 4.31 Å². The molecule has 0 amide bonds. The Bertz CT molecular complexity index is 905. The van der Waals surface area contributed by atoms with Crippen LogP contribution in [0.15, 0.2) is 41.8 Å². The van der Waals surface area contributed by atoms with E-state index < -0.39 is 33.5 Å². The van der Waals surface area contributed by atoms with Crippen molar-refractivity contribution in [2.45, 2.75) is 23.0 Å². The van der Waals surface area contributed by atoms with E-state index in [-0.39, 0.29) is 10.7 Å². The molecule has 0 bridgehead atoms. The fourth-order valence-corrected chi connectivity index (χ4v) is 3.36. The highest BCUT2D eigenvalue weighted by Gasteiger charge is 2.71. The van der Waals surface area contributed by atoms with Crippen molar-refractivity contribution in [1.82, 2.24) is 9.55 Å². The largest absolute Gasteiger partial charge is 0.430 e. The lowest BCUT2D eigenvalue weighted by molar-refractivity contribution is -0.376. The Morgan fingerprint density at radius 3 is 1.89 bits per heavy atom. The molecule has 0 aliphatic heterocycles. The van der Waals surface area contributed by atoms with Crippen molar-refractivity contribution in [3.8, 4) is 0 Å². The molecule has 1 heterocycles. The lowest BCUT2D eigenvalue weighted by atomic mass is 9.92. The third-order valence-corrected chi connectivity index (χ3v) is 5.45. The van der Waals surface area contributed by atoms with Gasteiger partial charge in [-0.3, -0.25) is 4.31 Å². The standard InChI is InChI=1S/C14H13F6N3O3S/c1-22-7-11(21-8-22)27(25,26)23(2)10-5-3-9(4-6-10)12(24,13(15,16)17)14(18,19)20/h3-8,24H,1-2H3. The van der Waals surface area contributed by atoms with Crippen LogP contribution in [0, 0.1) is 0 Å². The number of aromatic nitrogens is 2. The molecule has 1 aromatic heterocycles. The van der Waals surface area contributed by atoms with Crippen LogP contribution in [0.4, 0.5) is 32.0 Å². The van der Waals surface area contributed by atoms with Gasteiger partial charge in [0, 0.05) is 25.9 Å². The predicted molar refractivity (Wildman–Crippen MR) is 81.2 cm³/mol.